The number of aryl methyl sites for hydroxylation is 1. The number of amides is 1. The van der Waals surface area contributed by atoms with Crippen molar-refractivity contribution in [1.82, 2.24) is 4.90 Å². The van der Waals surface area contributed by atoms with E-state index < -0.39 is 23.9 Å². The molecule has 0 radical (unpaired) electrons. The molecular weight excluding hydrogens is 488 g/mol. The van der Waals surface area contributed by atoms with E-state index in [1.54, 1.807) is 12.1 Å². The predicted octanol–water partition coefficient (Wildman–Crippen LogP) is 4.72. The summed E-state index contributed by atoms with van der Waals surface area (Å²) in [4.78, 5) is 28.0. The largest absolute Gasteiger partial charge is 0.458 e. The molecule has 2 aliphatic heterocycles. The number of likely N-dealkylation sites (tertiary alicyclic amines) is 1. The lowest BCUT2D eigenvalue weighted by Gasteiger charge is -2.32. The van der Waals surface area contributed by atoms with Crippen molar-refractivity contribution in [3.8, 4) is 11.1 Å². The Labute approximate surface area is 221 Å². The number of nitrogens with zero attached hydrogens (tertiary/aromatic N) is 1. The highest BCUT2D eigenvalue weighted by Crippen LogP contribution is 2.36. The standard InChI is InChI=1S/C30H29ClN2O4/c31-23-9-6-20(7-10-23)19-2-4-21(5-3-19)30(35)37-27-12-8-22-13-18(1-11-26(22)28(27)29(32)34)15-33-16-25-14-24(33)17-36-25/h1-7,9-11,13,24-25,27-28H,8,12,14-17H2,(H2,32,34). The van der Waals surface area contributed by atoms with Gasteiger partial charge < -0.3 is 15.2 Å². The SMILES string of the molecule is NC(=O)C1c2ccc(CN3CC4CC3CO4)cc2CCC1OC(=O)c1ccc(-c2ccc(Cl)cc2)cc1. The zero-order chi connectivity index (χ0) is 25.5. The van der Waals surface area contributed by atoms with Gasteiger partial charge in [0.2, 0.25) is 5.91 Å². The number of fused-ring (bicyclic) bond motifs is 3. The summed E-state index contributed by atoms with van der Waals surface area (Å²) in [7, 11) is 0. The fourth-order valence-electron chi connectivity index (χ4n) is 5.96. The molecule has 0 spiro atoms. The topological polar surface area (TPSA) is 81.9 Å². The molecule has 1 aliphatic carbocycles. The summed E-state index contributed by atoms with van der Waals surface area (Å²) in [5.74, 6) is -1.59. The van der Waals surface area contributed by atoms with Crippen LogP contribution < -0.4 is 5.73 Å². The summed E-state index contributed by atoms with van der Waals surface area (Å²) < 4.78 is 11.6. The Bertz CT molecular complexity index is 1320. The second-order valence-electron chi connectivity index (χ2n) is 10.3. The first kappa shape index (κ1) is 24.2. The third kappa shape index (κ3) is 4.89. The smallest absolute Gasteiger partial charge is 0.338 e. The molecule has 6 rings (SSSR count). The van der Waals surface area contributed by atoms with Crippen molar-refractivity contribution in [1.29, 1.82) is 0 Å². The lowest BCUT2D eigenvalue weighted by molar-refractivity contribution is -0.122. The normalized spacial score (nSPS) is 24.6. The van der Waals surface area contributed by atoms with Crippen LogP contribution in [-0.4, -0.2) is 48.2 Å². The van der Waals surface area contributed by atoms with Crippen molar-refractivity contribution in [2.24, 2.45) is 5.73 Å². The van der Waals surface area contributed by atoms with Crippen LogP contribution in [0.3, 0.4) is 0 Å². The van der Waals surface area contributed by atoms with Gasteiger partial charge in [-0.3, -0.25) is 9.69 Å². The molecule has 2 fully saturated rings. The van der Waals surface area contributed by atoms with Gasteiger partial charge in [0.25, 0.3) is 0 Å². The van der Waals surface area contributed by atoms with E-state index in [2.05, 4.69) is 17.0 Å². The molecule has 0 aromatic heterocycles. The minimum Gasteiger partial charge on any atom is -0.458 e. The maximum Gasteiger partial charge on any atom is 0.338 e. The second kappa shape index (κ2) is 9.93. The van der Waals surface area contributed by atoms with Crippen LogP contribution in [0.4, 0.5) is 0 Å². The van der Waals surface area contributed by atoms with Crippen molar-refractivity contribution < 1.29 is 19.1 Å². The first-order valence-electron chi connectivity index (χ1n) is 12.8. The Kier molecular flexibility index (Phi) is 6.49. The fraction of sp³-hybridized carbons (Fsp3) is 0.333. The second-order valence-corrected chi connectivity index (χ2v) is 10.7. The number of primary amides is 1. The molecule has 4 unspecified atom stereocenters. The maximum absolute atomic E-state index is 13.0. The summed E-state index contributed by atoms with van der Waals surface area (Å²) in [5, 5.41) is 0.673. The van der Waals surface area contributed by atoms with E-state index in [-0.39, 0.29) is 0 Å². The average molecular weight is 517 g/mol. The molecule has 2 saturated heterocycles. The number of hydrogen-bond acceptors (Lipinski definition) is 5. The molecule has 1 amide bonds. The van der Waals surface area contributed by atoms with Crippen LogP contribution in [0.2, 0.25) is 5.02 Å². The number of carbonyl (C=O) groups excluding carboxylic acids is 2. The number of morpholine rings is 1. The quantitative estimate of drug-likeness (QED) is 0.479. The number of benzene rings is 3. The first-order valence-corrected chi connectivity index (χ1v) is 13.2. The highest BCUT2D eigenvalue weighted by molar-refractivity contribution is 6.30. The number of ether oxygens (including phenoxy) is 2. The summed E-state index contributed by atoms with van der Waals surface area (Å²) >= 11 is 5.98. The van der Waals surface area contributed by atoms with E-state index >= 15 is 0 Å². The lowest BCUT2D eigenvalue weighted by Crippen LogP contribution is -2.38. The third-order valence-electron chi connectivity index (χ3n) is 7.88. The molecule has 3 aliphatic rings. The highest BCUT2D eigenvalue weighted by atomic mass is 35.5. The summed E-state index contributed by atoms with van der Waals surface area (Å²) in [5.41, 5.74) is 11.5. The number of hydrogen-bond donors (Lipinski definition) is 1. The molecule has 2 bridgehead atoms. The van der Waals surface area contributed by atoms with E-state index in [4.69, 9.17) is 26.8 Å². The maximum atomic E-state index is 13.0. The van der Waals surface area contributed by atoms with Crippen molar-refractivity contribution in [3.63, 3.8) is 0 Å². The molecule has 37 heavy (non-hydrogen) atoms. The van der Waals surface area contributed by atoms with Crippen LogP contribution in [0.25, 0.3) is 11.1 Å². The molecule has 4 atom stereocenters. The van der Waals surface area contributed by atoms with Crippen LogP contribution >= 0.6 is 11.6 Å². The molecule has 3 aromatic carbocycles. The number of halogens is 1. The molecule has 0 saturated carbocycles. The van der Waals surface area contributed by atoms with Gasteiger partial charge in [0.15, 0.2) is 0 Å². The number of esters is 1. The van der Waals surface area contributed by atoms with E-state index in [9.17, 15) is 9.59 Å². The molecule has 190 valence electrons. The summed E-state index contributed by atoms with van der Waals surface area (Å²) in [6.07, 6.45) is 2.18. The third-order valence-corrected chi connectivity index (χ3v) is 8.13. The van der Waals surface area contributed by atoms with Crippen molar-refractivity contribution >= 4 is 23.5 Å². The van der Waals surface area contributed by atoms with E-state index in [1.807, 2.05) is 42.5 Å². The number of carbonyl (C=O) groups is 2. The van der Waals surface area contributed by atoms with Crippen molar-refractivity contribution in [3.05, 3.63) is 94.0 Å². The van der Waals surface area contributed by atoms with Gasteiger partial charge in [0.05, 0.1) is 24.2 Å². The Morgan fingerprint density at radius 2 is 1.76 bits per heavy atom. The van der Waals surface area contributed by atoms with Crippen LogP contribution in [0, 0.1) is 0 Å². The van der Waals surface area contributed by atoms with Gasteiger partial charge in [0, 0.05) is 24.2 Å². The first-order chi connectivity index (χ1) is 17.9. The number of rotatable bonds is 6. The van der Waals surface area contributed by atoms with Gasteiger partial charge in [-0.1, -0.05) is 54.1 Å². The van der Waals surface area contributed by atoms with Crippen LogP contribution in [0.15, 0.2) is 66.7 Å². The molecule has 2 heterocycles. The molecule has 6 nitrogen and oxygen atoms in total. The minimum absolute atomic E-state index is 0.367. The van der Waals surface area contributed by atoms with Gasteiger partial charge in [-0.15, -0.1) is 0 Å². The van der Waals surface area contributed by atoms with Crippen LogP contribution in [0.1, 0.15) is 45.8 Å². The highest BCUT2D eigenvalue weighted by Gasteiger charge is 2.39. The monoisotopic (exact) mass is 516 g/mol. The van der Waals surface area contributed by atoms with Crippen molar-refractivity contribution in [2.75, 3.05) is 13.2 Å². The Morgan fingerprint density at radius 1 is 1.03 bits per heavy atom. The molecule has 2 N–H and O–H groups in total. The summed E-state index contributed by atoms with van der Waals surface area (Å²) in [6, 6.07) is 21.5. The number of nitrogens with two attached hydrogens (primary N) is 1. The van der Waals surface area contributed by atoms with E-state index in [0.29, 0.717) is 29.2 Å². The molecular formula is C30H29ClN2O4. The fourth-order valence-corrected chi connectivity index (χ4v) is 6.09. The zero-order valence-electron chi connectivity index (χ0n) is 20.4. The Hall–Kier alpha value is -3.19. The van der Waals surface area contributed by atoms with Crippen molar-refractivity contribution in [2.45, 2.75) is 50.0 Å². The predicted molar refractivity (Wildman–Crippen MR) is 141 cm³/mol. The Balaban J connectivity index is 1.15. The Morgan fingerprint density at radius 3 is 2.41 bits per heavy atom. The van der Waals surface area contributed by atoms with Crippen LogP contribution in [0.5, 0.6) is 0 Å². The minimum atomic E-state index is -0.661. The lowest BCUT2D eigenvalue weighted by atomic mass is 9.79. The van der Waals surface area contributed by atoms with E-state index in [0.717, 1.165) is 54.8 Å². The zero-order valence-corrected chi connectivity index (χ0v) is 21.2. The van der Waals surface area contributed by atoms with E-state index in [1.165, 1.54) is 5.56 Å². The van der Waals surface area contributed by atoms with Gasteiger partial charge in [-0.2, -0.15) is 0 Å². The van der Waals surface area contributed by atoms with Crippen LogP contribution in [-0.2, 0) is 27.2 Å². The van der Waals surface area contributed by atoms with Gasteiger partial charge in [0.1, 0.15) is 6.10 Å². The average Bonchev–Trinajstić information content (AvgIpc) is 3.52. The van der Waals surface area contributed by atoms with Gasteiger partial charge in [-0.25, -0.2) is 4.79 Å². The van der Waals surface area contributed by atoms with Gasteiger partial charge in [-0.05, 0) is 71.3 Å². The summed E-state index contributed by atoms with van der Waals surface area (Å²) in [6.45, 7) is 2.67. The molecule has 3 aromatic rings. The van der Waals surface area contributed by atoms with Gasteiger partial charge >= 0.3 is 5.97 Å². The molecule has 7 heteroatoms.